The van der Waals surface area contributed by atoms with Gasteiger partial charge in [0.25, 0.3) is 0 Å². The zero-order valence-electron chi connectivity index (χ0n) is 10.4. The molecule has 0 spiro atoms. The van der Waals surface area contributed by atoms with Crippen LogP contribution in [0.4, 0.5) is 0 Å². The van der Waals surface area contributed by atoms with Crippen molar-refractivity contribution in [3.05, 3.63) is 29.7 Å². The lowest BCUT2D eigenvalue weighted by molar-refractivity contribution is -0.146. The van der Waals surface area contributed by atoms with Gasteiger partial charge in [-0.2, -0.15) is 0 Å². The Morgan fingerprint density at radius 3 is 2.76 bits per heavy atom. The number of aromatic nitrogens is 1. The normalized spacial score (nSPS) is 11.8. The van der Waals surface area contributed by atoms with Gasteiger partial charge in [-0.15, -0.1) is 0 Å². The minimum atomic E-state index is -0.739. The van der Waals surface area contributed by atoms with E-state index in [2.05, 4.69) is 4.98 Å². The molecule has 90 valence electrons. The molecule has 0 aliphatic heterocycles. The summed E-state index contributed by atoms with van der Waals surface area (Å²) in [5.41, 5.74) is 1.49. The van der Waals surface area contributed by atoms with Crippen molar-refractivity contribution in [2.45, 2.75) is 26.2 Å². The standard InChI is InChI=1S/C13H15NO3/c1-8-14-11-9(6-5-7-10(11)17-8)13(2,3)12(15)16-4/h5-7H,1-4H3. The van der Waals surface area contributed by atoms with Crippen molar-refractivity contribution in [2.24, 2.45) is 0 Å². The third-order valence-electron chi connectivity index (χ3n) is 2.89. The number of oxazole rings is 1. The molecule has 0 amide bonds. The Bertz CT molecular complexity index is 569. The predicted molar refractivity (Wildman–Crippen MR) is 63.8 cm³/mol. The summed E-state index contributed by atoms with van der Waals surface area (Å²) in [4.78, 5) is 16.1. The van der Waals surface area contributed by atoms with E-state index in [0.29, 0.717) is 11.5 Å². The Balaban J connectivity index is 2.66. The number of carbonyl (C=O) groups is 1. The molecule has 0 N–H and O–H groups in total. The van der Waals surface area contributed by atoms with Crippen LogP contribution >= 0.6 is 0 Å². The first kappa shape index (κ1) is 11.6. The summed E-state index contributed by atoms with van der Waals surface area (Å²) in [7, 11) is 1.39. The third-order valence-corrected chi connectivity index (χ3v) is 2.89. The minimum Gasteiger partial charge on any atom is -0.468 e. The van der Waals surface area contributed by atoms with Gasteiger partial charge >= 0.3 is 5.97 Å². The molecule has 0 atom stereocenters. The summed E-state index contributed by atoms with van der Waals surface area (Å²) in [6.07, 6.45) is 0. The Morgan fingerprint density at radius 1 is 1.41 bits per heavy atom. The number of para-hydroxylation sites is 1. The van der Waals surface area contributed by atoms with Gasteiger partial charge in [-0.05, 0) is 25.5 Å². The van der Waals surface area contributed by atoms with Crippen LogP contribution < -0.4 is 0 Å². The van der Waals surface area contributed by atoms with Crippen LogP contribution in [0.5, 0.6) is 0 Å². The molecular formula is C13H15NO3. The molecule has 0 fully saturated rings. The second-order valence-electron chi connectivity index (χ2n) is 4.50. The SMILES string of the molecule is COC(=O)C(C)(C)c1cccc2oc(C)nc12. The molecule has 2 aromatic rings. The van der Waals surface area contributed by atoms with E-state index in [-0.39, 0.29) is 5.97 Å². The number of methoxy groups -OCH3 is 1. The maximum atomic E-state index is 11.8. The van der Waals surface area contributed by atoms with Gasteiger partial charge in [-0.25, -0.2) is 4.98 Å². The van der Waals surface area contributed by atoms with Crippen molar-refractivity contribution in [1.29, 1.82) is 0 Å². The number of nitrogens with zero attached hydrogens (tertiary/aromatic N) is 1. The number of hydrogen-bond donors (Lipinski definition) is 0. The second kappa shape index (κ2) is 3.87. The molecule has 0 unspecified atom stereocenters. The van der Waals surface area contributed by atoms with Crippen molar-refractivity contribution < 1.29 is 13.9 Å². The number of carbonyl (C=O) groups excluding carboxylic acids is 1. The maximum absolute atomic E-state index is 11.8. The fourth-order valence-corrected chi connectivity index (χ4v) is 1.93. The zero-order chi connectivity index (χ0) is 12.6. The fourth-order valence-electron chi connectivity index (χ4n) is 1.93. The van der Waals surface area contributed by atoms with Gasteiger partial charge in [-0.3, -0.25) is 4.79 Å². The maximum Gasteiger partial charge on any atom is 0.315 e. The van der Waals surface area contributed by atoms with Crippen LogP contribution in [0.3, 0.4) is 0 Å². The van der Waals surface area contributed by atoms with Gasteiger partial charge in [0.2, 0.25) is 0 Å². The fraction of sp³-hybridized carbons (Fsp3) is 0.385. The van der Waals surface area contributed by atoms with E-state index in [0.717, 1.165) is 11.1 Å². The first-order chi connectivity index (χ1) is 7.96. The van der Waals surface area contributed by atoms with Crippen LogP contribution in [0, 0.1) is 6.92 Å². The third kappa shape index (κ3) is 1.79. The summed E-state index contributed by atoms with van der Waals surface area (Å²) in [6, 6.07) is 5.57. The quantitative estimate of drug-likeness (QED) is 0.748. The van der Waals surface area contributed by atoms with Gasteiger partial charge < -0.3 is 9.15 Å². The molecule has 1 heterocycles. The van der Waals surface area contributed by atoms with Crippen molar-refractivity contribution >= 4 is 17.1 Å². The number of benzene rings is 1. The molecule has 17 heavy (non-hydrogen) atoms. The molecule has 1 aromatic heterocycles. The number of hydrogen-bond acceptors (Lipinski definition) is 4. The van der Waals surface area contributed by atoms with Gasteiger partial charge in [-0.1, -0.05) is 12.1 Å². The number of esters is 1. The average molecular weight is 233 g/mol. The topological polar surface area (TPSA) is 52.3 Å². The smallest absolute Gasteiger partial charge is 0.315 e. The molecule has 0 radical (unpaired) electrons. The van der Waals surface area contributed by atoms with E-state index in [1.54, 1.807) is 6.92 Å². The molecule has 4 nitrogen and oxygen atoms in total. The van der Waals surface area contributed by atoms with E-state index in [1.165, 1.54) is 7.11 Å². The van der Waals surface area contributed by atoms with E-state index in [9.17, 15) is 4.79 Å². The second-order valence-corrected chi connectivity index (χ2v) is 4.50. The van der Waals surface area contributed by atoms with Gasteiger partial charge in [0.1, 0.15) is 5.52 Å². The molecule has 0 bridgehead atoms. The van der Waals surface area contributed by atoms with Crippen LogP contribution in [0.2, 0.25) is 0 Å². The lowest BCUT2D eigenvalue weighted by Gasteiger charge is -2.21. The Kier molecular flexibility index (Phi) is 2.65. The van der Waals surface area contributed by atoms with Crippen LogP contribution in [-0.2, 0) is 14.9 Å². The summed E-state index contributed by atoms with van der Waals surface area (Å²) in [6.45, 7) is 5.42. The Labute approximate surface area is 99.6 Å². The molecule has 1 aromatic carbocycles. The van der Waals surface area contributed by atoms with E-state index in [4.69, 9.17) is 9.15 Å². The summed E-state index contributed by atoms with van der Waals surface area (Å²) < 4.78 is 10.3. The van der Waals surface area contributed by atoms with Crippen molar-refractivity contribution in [3.63, 3.8) is 0 Å². The van der Waals surface area contributed by atoms with Crippen LogP contribution in [0.25, 0.3) is 11.1 Å². The predicted octanol–water partition coefficient (Wildman–Crippen LogP) is 2.59. The molecular weight excluding hydrogens is 218 g/mol. The van der Waals surface area contributed by atoms with Crippen LogP contribution in [0.1, 0.15) is 25.3 Å². The molecule has 0 saturated heterocycles. The first-order valence-corrected chi connectivity index (χ1v) is 5.42. The van der Waals surface area contributed by atoms with E-state index in [1.807, 2.05) is 32.0 Å². The highest BCUT2D eigenvalue weighted by molar-refractivity contribution is 5.89. The molecule has 0 saturated carbocycles. The molecule has 0 aliphatic carbocycles. The Hall–Kier alpha value is -1.84. The van der Waals surface area contributed by atoms with Gasteiger partial charge in [0, 0.05) is 6.92 Å². The van der Waals surface area contributed by atoms with Crippen molar-refractivity contribution in [3.8, 4) is 0 Å². The van der Waals surface area contributed by atoms with E-state index < -0.39 is 5.41 Å². The highest BCUT2D eigenvalue weighted by atomic mass is 16.5. The molecule has 0 aliphatic rings. The average Bonchev–Trinajstić information content (AvgIpc) is 2.67. The lowest BCUT2D eigenvalue weighted by atomic mass is 9.84. The van der Waals surface area contributed by atoms with Gasteiger partial charge in [0.05, 0.1) is 12.5 Å². The number of aryl methyl sites for hydroxylation is 1. The van der Waals surface area contributed by atoms with Crippen LogP contribution in [-0.4, -0.2) is 18.1 Å². The van der Waals surface area contributed by atoms with Gasteiger partial charge in [0.15, 0.2) is 11.5 Å². The first-order valence-electron chi connectivity index (χ1n) is 5.42. The highest BCUT2D eigenvalue weighted by Gasteiger charge is 2.33. The summed E-state index contributed by atoms with van der Waals surface area (Å²) in [5.74, 6) is 0.304. The summed E-state index contributed by atoms with van der Waals surface area (Å²) in [5, 5.41) is 0. The number of fused-ring (bicyclic) bond motifs is 1. The van der Waals surface area contributed by atoms with Crippen molar-refractivity contribution in [2.75, 3.05) is 7.11 Å². The largest absolute Gasteiger partial charge is 0.468 e. The highest BCUT2D eigenvalue weighted by Crippen LogP contribution is 2.31. The van der Waals surface area contributed by atoms with Crippen molar-refractivity contribution in [1.82, 2.24) is 4.98 Å². The zero-order valence-corrected chi connectivity index (χ0v) is 10.4. The van der Waals surface area contributed by atoms with Crippen LogP contribution in [0.15, 0.2) is 22.6 Å². The molecule has 2 rings (SSSR count). The minimum absolute atomic E-state index is 0.286. The number of rotatable bonds is 2. The summed E-state index contributed by atoms with van der Waals surface area (Å²) >= 11 is 0. The Morgan fingerprint density at radius 2 is 2.12 bits per heavy atom. The molecule has 4 heteroatoms. The number of ether oxygens (including phenoxy) is 1. The monoisotopic (exact) mass is 233 g/mol. The lowest BCUT2D eigenvalue weighted by Crippen LogP contribution is -2.30. The van der Waals surface area contributed by atoms with E-state index >= 15 is 0 Å².